The van der Waals surface area contributed by atoms with Gasteiger partial charge in [0, 0.05) is 19.3 Å². The van der Waals surface area contributed by atoms with Gasteiger partial charge in [-0.3, -0.25) is 14.4 Å². The average molecular weight is 261 g/mol. The summed E-state index contributed by atoms with van der Waals surface area (Å²) in [7, 11) is 0. The lowest BCUT2D eigenvalue weighted by Gasteiger charge is -2.42. The van der Waals surface area contributed by atoms with Crippen molar-refractivity contribution < 1.29 is 14.4 Å². The van der Waals surface area contributed by atoms with E-state index >= 15 is 0 Å². The predicted octanol–water partition coefficient (Wildman–Crippen LogP) is 0.588. The number of rotatable bonds is 3. The fourth-order valence-electron chi connectivity index (χ4n) is 1.90. The number of carbonyl (C=O) groups is 3. The number of hydrogen-bond donors (Lipinski definition) is 0. The minimum absolute atomic E-state index is 0.0440. The van der Waals surface area contributed by atoms with E-state index in [0.717, 1.165) is 0 Å². The van der Waals surface area contributed by atoms with Crippen LogP contribution >= 0.6 is 0 Å². The lowest BCUT2D eigenvalue weighted by Crippen LogP contribution is -2.59. The molecule has 1 aliphatic rings. The summed E-state index contributed by atoms with van der Waals surface area (Å²) in [6.07, 6.45) is 1.13. The highest BCUT2D eigenvalue weighted by molar-refractivity contribution is 5.81. The van der Waals surface area contributed by atoms with Gasteiger partial charge < -0.3 is 14.7 Å². The molecule has 1 rings (SSSR count). The molecule has 0 aromatic heterocycles. The second-order valence-electron chi connectivity index (χ2n) is 4.29. The van der Waals surface area contributed by atoms with E-state index in [9.17, 15) is 14.4 Å². The van der Waals surface area contributed by atoms with Gasteiger partial charge in [-0.05, 0) is 0 Å². The molecular weight excluding hydrogens is 240 g/mol. The van der Waals surface area contributed by atoms with Crippen molar-refractivity contribution >= 4 is 17.7 Å². The second kappa shape index (κ2) is 6.37. The van der Waals surface area contributed by atoms with Crippen molar-refractivity contribution in [2.24, 2.45) is 0 Å². The summed E-state index contributed by atoms with van der Waals surface area (Å²) in [5.74, 6) is -0.132. The summed E-state index contributed by atoms with van der Waals surface area (Å²) in [4.78, 5) is 39.8. The van der Waals surface area contributed by atoms with Gasteiger partial charge in [-0.15, -0.1) is 0 Å². The van der Waals surface area contributed by atoms with Crippen LogP contribution in [0.25, 0.3) is 0 Å². The van der Waals surface area contributed by atoms with Crippen molar-refractivity contribution in [1.82, 2.24) is 14.7 Å². The molecule has 1 aliphatic heterocycles. The van der Waals surface area contributed by atoms with Crippen molar-refractivity contribution in [2.45, 2.75) is 40.0 Å². The first kappa shape index (κ1) is 14.5. The Bertz CT molecular complexity index is 285. The van der Waals surface area contributed by atoms with Crippen molar-refractivity contribution in [3.8, 4) is 0 Å². The fourth-order valence-corrected chi connectivity index (χ4v) is 1.90. The molecule has 1 saturated heterocycles. The van der Waals surface area contributed by atoms with E-state index in [4.69, 9.17) is 0 Å². The van der Waals surface area contributed by atoms with Gasteiger partial charge in [0.2, 0.25) is 17.7 Å². The lowest BCUT2D eigenvalue weighted by molar-refractivity contribution is -0.158. The molecule has 0 radical (unpaired) electrons. The van der Waals surface area contributed by atoms with Crippen LogP contribution in [0.15, 0.2) is 0 Å². The molecule has 3 amide bonds. The van der Waals surface area contributed by atoms with Crippen molar-refractivity contribution in [3.63, 3.8) is 0 Å². The molecule has 0 unspecified atom stereocenters. The topological polar surface area (TPSA) is 60.9 Å². The first-order valence-electron chi connectivity index (χ1n) is 6.36. The zero-order valence-electron chi connectivity index (χ0n) is 11.3. The molecule has 0 aromatic rings. The molecule has 0 spiro atoms. The monoisotopic (exact) mass is 261 g/mol. The summed E-state index contributed by atoms with van der Waals surface area (Å²) in [5, 5.41) is 0. The Balaban J connectivity index is 2.81. The normalized spacial score (nSPS) is 15.8. The van der Waals surface area contributed by atoms with E-state index in [0.29, 0.717) is 19.3 Å². The summed E-state index contributed by atoms with van der Waals surface area (Å²) >= 11 is 0. The zero-order chi connectivity index (χ0) is 13.7. The Morgan fingerprint density at radius 1 is 0.667 bits per heavy atom. The van der Waals surface area contributed by atoms with Crippen LogP contribution in [0.4, 0.5) is 0 Å². The molecule has 1 fully saturated rings. The number of amides is 3. The zero-order valence-corrected chi connectivity index (χ0v) is 11.3. The standard InChI is InChI=1S/C12H21N3O3/c1-4-10(16)13-7-14(11(17)5-2)9-15(8-13)12(18)6-3/h4-9H2,1-3H3/i7+2,8+2,9+2. The van der Waals surface area contributed by atoms with E-state index in [1.165, 1.54) is 0 Å². The van der Waals surface area contributed by atoms with E-state index in [-0.39, 0.29) is 37.7 Å². The third kappa shape index (κ3) is 3.21. The largest absolute Gasteiger partial charge is 0.307 e. The Morgan fingerprint density at radius 2 is 0.889 bits per heavy atom. The van der Waals surface area contributed by atoms with Gasteiger partial charge in [0.25, 0.3) is 0 Å². The van der Waals surface area contributed by atoms with Crippen LogP contribution in [0.5, 0.6) is 0 Å². The maximum atomic E-state index is 11.7. The number of hydrogen-bond acceptors (Lipinski definition) is 3. The highest BCUT2D eigenvalue weighted by Crippen LogP contribution is 2.11. The maximum Gasteiger partial charge on any atom is 0.225 e. The molecule has 6 nitrogen and oxygen atoms in total. The highest BCUT2D eigenvalue weighted by Gasteiger charge is 2.29. The summed E-state index contributed by atoms with van der Waals surface area (Å²) in [5.41, 5.74) is 0. The van der Waals surface area contributed by atoms with E-state index < -0.39 is 0 Å². The minimum atomic E-state index is -0.0440. The lowest BCUT2D eigenvalue weighted by atomic mass is 10.4. The van der Waals surface area contributed by atoms with Crippen LogP contribution in [-0.2, 0) is 14.4 Å². The summed E-state index contributed by atoms with van der Waals surface area (Å²) in [6.45, 7) is 6.17. The Labute approximate surface area is 108 Å². The molecule has 0 aromatic carbocycles. The molecule has 0 atom stereocenters. The smallest absolute Gasteiger partial charge is 0.225 e. The van der Waals surface area contributed by atoms with Crippen molar-refractivity contribution in [3.05, 3.63) is 0 Å². The van der Waals surface area contributed by atoms with Gasteiger partial charge in [0.1, 0.15) is 0 Å². The number of nitrogens with zero attached hydrogens (tertiary/aromatic N) is 3. The minimum Gasteiger partial charge on any atom is -0.307 e. The van der Waals surface area contributed by atoms with Crippen LogP contribution in [0.3, 0.4) is 0 Å². The Morgan fingerprint density at radius 3 is 1.06 bits per heavy atom. The van der Waals surface area contributed by atoms with Crippen LogP contribution in [-0.4, -0.2) is 52.4 Å². The van der Waals surface area contributed by atoms with Crippen molar-refractivity contribution in [2.75, 3.05) is 20.0 Å². The first-order chi connectivity index (χ1) is 8.53. The molecule has 102 valence electrons. The molecular formula is C12H21N3O3. The average Bonchev–Trinajstić information content (AvgIpc) is 2.43. The van der Waals surface area contributed by atoms with Gasteiger partial charge in [0.05, 0.1) is 20.0 Å². The molecule has 1 heterocycles. The quantitative estimate of drug-likeness (QED) is 0.747. The molecule has 0 saturated carbocycles. The van der Waals surface area contributed by atoms with Crippen LogP contribution in [0.2, 0.25) is 0 Å². The summed E-state index contributed by atoms with van der Waals surface area (Å²) in [6, 6.07) is 0. The van der Waals surface area contributed by atoms with E-state index in [2.05, 4.69) is 0 Å². The first-order valence-corrected chi connectivity index (χ1v) is 6.36. The van der Waals surface area contributed by atoms with Gasteiger partial charge in [-0.2, -0.15) is 0 Å². The van der Waals surface area contributed by atoms with Crippen LogP contribution in [0, 0.1) is 0 Å². The van der Waals surface area contributed by atoms with E-state index in [1.807, 2.05) is 0 Å². The number of carbonyl (C=O) groups excluding carboxylic acids is 3. The van der Waals surface area contributed by atoms with Crippen molar-refractivity contribution in [1.29, 1.82) is 0 Å². The SMILES string of the molecule is CCC(=O)N1[14CH2]N(C(=O)CC)[14CH2]N(C(=O)CC)[14CH2]1. The van der Waals surface area contributed by atoms with Crippen LogP contribution in [0.1, 0.15) is 40.0 Å². The van der Waals surface area contributed by atoms with Gasteiger partial charge >= 0.3 is 0 Å². The van der Waals surface area contributed by atoms with Crippen LogP contribution < -0.4 is 0 Å². The predicted molar refractivity (Wildman–Crippen MR) is 66.0 cm³/mol. The third-order valence-corrected chi connectivity index (χ3v) is 2.99. The van der Waals surface area contributed by atoms with Gasteiger partial charge in [-0.25, -0.2) is 0 Å². The highest BCUT2D eigenvalue weighted by atomic mass is 16.3. The maximum absolute atomic E-state index is 11.7. The third-order valence-electron chi connectivity index (χ3n) is 2.99. The molecule has 0 N–H and O–H groups in total. The molecule has 0 bridgehead atoms. The van der Waals surface area contributed by atoms with E-state index in [1.54, 1.807) is 35.5 Å². The summed E-state index contributed by atoms with van der Waals surface area (Å²) < 4.78 is 0. The Hall–Kier alpha value is -1.59. The molecule has 18 heavy (non-hydrogen) atoms. The second-order valence-corrected chi connectivity index (χ2v) is 4.29. The molecule has 0 aliphatic carbocycles. The fraction of sp³-hybridized carbons (Fsp3) is 0.750. The van der Waals surface area contributed by atoms with Gasteiger partial charge in [-0.1, -0.05) is 20.8 Å². The van der Waals surface area contributed by atoms with Gasteiger partial charge in [0.15, 0.2) is 0 Å². The molecule has 6 heteroatoms. The Kier molecular flexibility index (Phi) is 5.12.